The van der Waals surface area contributed by atoms with Crippen molar-refractivity contribution in [3.8, 4) is 10.6 Å². The number of nitrogen functional groups attached to an aromatic ring is 1. The van der Waals surface area contributed by atoms with Crippen LogP contribution in [0.15, 0.2) is 24.3 Å². The zero-order valence-electron chi connectivity index (χ0n) is 11.1. The third kappa shape index (κ3) is 1.78. The van der Waals surface area contributed by atoms with Gasteiger partial charge in [-0.15, -0.1) is 22.7 Å². The molecule has 20 heavy (non-hydrogen) atoms. The van der Waals surface area contributed by atoms with Gasteiger partial charge < -0.3 is 11.1 Å². The standard InChI is InChI=1S/C15H15N3S2/c1-8-6-17-7-11-12(8)13(14(16)19-11)15-18-9-4-2-3-5-10(9)20-15/h2-5,8,17H,6-7,16H2,1H3. The van der Waals surface area contributed by atoms with Crippen molar-refractivity contribution in [3.05, 3.63) is 34.7 Å². The van der Waals surface area contributed by atoms with Gasteiger partial charge in [0.1, 0.15) is 5.01 Å². The first-order chi connectivity index (χ1) is 9.74. The molecule has 1 aliphatic heterocycles. The summed E-state index contributed by atoms with van der Waals surface area (Å²) in [6.45, 7) is 4.20. The maximum Gasteiger partial charge on any atom is 0.127 e. The average molecular weight is 301 g/mol. The lowest BCUT2D eigenvalue weighted by molar-refractivity contribution is 0.580. The molecule has 1 atom stereocenters. The number of thiazole rings is 1. The molecule has 0 saturated heterocycles. The van der Waals surface area contributed by atoms with E-state index in [4.69, 9.17) is 10.7 Å². The van der Waals surface area contributed by atoms with Crippen LogP contribution in [0.5, 0.6) is 0 Å². The maximum absolute atomic E-state index is 6.29. The Labute approximate surface area is 125 Å². The molecule has 3 aromatic rings. The molecule has 4 rings (SSSR count). The Morgan fingerprint density at radius 3 is 3.00 bits per heavy atom. The van der Waals surface area contributed by atoms with E-state index in [0.717, 1.165) is 28.6 Å². The highest BCUT2D eigenvalue weighted by Gasteiger charge is 2.26. The summed E-state index contributed by atoms with van der Waals surface area (Å²) in [4.78, 5) is 6.15. The van der Waals surface area contributed by atoms with Crippen molar-refractivity contribution >= 4 is 37.9 Å². The molecule has 1 aromatic carbocycles. The topological polar surface area (TPSA) is 50.9 Å². The van der Waals surface area contributed by atoms with Gasteiger partial charge in [0.25, 0.3) is 0 Å². The zero-order valence-corrected chi connectivity index (χ0v) is 12.8. The van der Waals surface area contributed by atoms with Crippen LogP contribution < -0.4 is 11.1 Å². The summed E-state index contributed by atoms with van der Waals surface area (Å²) < 4.78 is 1.23. The number of thiophene rings is 1. The molecule has 2 aromatic heterocycles. The summed E-state index contributed by atoms with van der Waals surface area (Å²) in [5, 5.41) is 5.42. The number of anilines is 1. The summed E-state index contributed by atoms with van der Waals surface area (Å²) in [7, 11) is 0. The number of nitrogens with two attached hydrogens (primary N) is 1. The molecule has 3 nitrogen and oxygen atoms in total. The summed E-state index contributed by atoms with van der Waals surface area (Å²) in [6.07, 6.45) is 0. The van der Waals surface area contributed by atoms with Crippen LogP contribution in [0.3, 0.4) is 0 Å². The lowest BCUT2D eigenvalue weighted by atomic mass is 9.94. The van der Waals surface area contributed by atoms with Gasteiger partial charge in [0.2, 0.25) is 0 Å². The van der Waals surface area contributed by atoms with Gasteiger partial charge in [0.05, 0.1) is 15.2 Å². The van der Waals surface area contributed by atoms with E-state index < -0.39 is 0 Å². The smallest absolute Gasteiger partial charge is 0.127 e. The molecule has 5 heteroatoms. The quantitative estimate of drug-likeness (QED) is 0.718. The Morgan fingerprint density at radius 1 is 1.30 bits per heavy atom. The molecule has 0 aliphatic carbocycles. The van der Waals surface area contributed by atoms with Crippen LogP contribution in [0.4, 0.5) is 5.00 Å². The van der Waals surface area contributed by atoms with Gasteiger partial charge in [0.15, 0.2) is 0 Å². The number of fused-ring (bicyclic) bond motifs is 2. The fraction of sp³-hybridized carbons (Fsp3) is 0.267. The first-order valence-electron chi connectivity index (χ1n) is 6.71. The summed E-state index contributed by atoms with van der Waals surface area (Å²) in [5.41, 5.74) is 9.95. The number of rotatable bonds is 1. The van der Waals surface area contributed by atoms with E-state index in [2.05, 4.69) is 30.4 Å². The average Bonchev–Trinajstić information content (AvgIpc) is 2.99. The molecule has 3 N–H and O–H groups in total. The van der Waals surface area contributed by atoms with E-state index >= 15 is 0 Å². The highest BCUT2D eigenvalue weighted by Crippen LogP contribution is 2.45. The van der Waals surface area contributed by atoms with Gasteiger partial charge >= 0.3 is 0 Å². The van der Waals surface area contributed by atoms with Gasteiger partial charge in [-0.25, -0.2) is 4.98 Å². The van der Waals surface area contributed by atoms with Crippen molar-refractivity contribution < 1.29 is 0 Å². The van der Waals surface area contributed by atoms with E-state index in [-0.39, 0.29) is 0 Å². The van der Waals surface area contributed by atoms with Gasteiger partial charge in [0, 0.05) is 23.5 Å². The van der Waals surface area contributed by atoms with Gasteiger partial charge in [-0.3, -0.25) is 0 Å². The fourth-order valence-electron chi connectivity index (χ4n) is 2.87. The summed E-state index contributed by atoms with van der Waals surface area (Å²) in [6, 6.07) is 8.28. The zero-order chi connectivity index (χ0) is 13.7. The van der Waals surface area contributed by atoms with Crippen molar-refractivity contribution in [1.29, 1.82) is 0 Å². The second-order valence-corrected chi connectivity index (χ2v) is 7.36. The molecular weight excluding hydrogens is 286 g/mol. The normalized spacial score (nSPS) is 18.4. The van der Waals surface area contributed by atoms with Crippen LogP contribution in [0.2, 0.25) is 0 Å². The first kappa shape index (κ1) is 12.3. The number of benzene rings is 1. The van der Waals surface area contributed by atoms with Crippen molar-refractivity contribution in [2.24, 2.45) is 0 Å². The summed E-state index contributed by atoms with van der Waals surface area (Å²) >= 11 is 3.45. The minimum atomic E-state index is 0.495. The molecule has 0 saturated carbocycles. The number of aromatic nitrogens is 1. The van der Waals surface area contributed by atoms with E-state index in [9.17, 15) is 0 Å². The highest BCUT2D eigenvalue weighted by atomic mass is 32.1. The van der Waals surface area contributed by atoms with Gasteiger partial charge in [-0.1, -0.05) is 19.1 Å². The van der Waals surface area contributed by atoms with E-state index in [1.54, 1.807) is 22.7 Å². The van der Waals surface area contributed by atoms with E-state index in [0.29, 0.717) is 5.92 Å². The molecule has 1 unspecified atom stereocenters. The van der Waals surface area contributed by atoms with Crippen molar-refractivity contribution in [2.75, 3.05) is 12.3 Å². The van der Waals surface area contributed by atoms with E-state index in [1.807, 2.05) is 6.07 Å². The number of para-hydroxylation sites is 1. The molecule has 3 heterocycles. The SMILES string of the molecule is CC1CNCc2sc(N)c(-c3nc4ccccc4s3)c21. The number of hydrogen-bond acceptors (Lipinski definition) is 5. The second kappa shape index (κ2) is 4.55. The molecule has 0 fully saturated rings. The molecular formula is C15H15N3S2. The van der Waals surface area contributed by atoms with E-state index in [1.165, 1.54) is 20.7 Å². The van der Waals surface area contributed by atoms with Crippen molar-refractivity contribution in [1.82, 2.24) is 10.3 Å². The lowest BCUT2D eigenvalue weighted by Gasteiger charge is -2.20. The highest BCUT2D eigenvalue weighted by molar-refractivity contribution is 7.22. The van der Waals surface area contributed by atoms with Crippen molar-refractivity contribution in [3.63, 3.8) is 0 Å². The fourth-order valence-corrected chi connectivity index (χ4v) is 5.13. The number of nitrogens with one attached hydrogen (secondary N) is 1. The van der Waals surface area contributed by atoms with Gasteiger partial charge in [-0.05, 0) is 23.6 Å². The van der Waals surface area contributed by atoms with Crippen LogP contribution >= 0.6 is 22.7 Å². The Morgan fingerprint density at radius 2 is 2.15 bits per heavy atom. The minimum Gasteiger partial charge on any atom is -0.390 e. The largest absolute Gasteiger partial charge is 0.390 e. The predicted molar refractivity (Wildman–Crippen MR) is 87.5 cm³/mol. The van der Waals surface area contributed by atoms with Crippen LogP contribution in [-0.2, 0) is 6.54 Å². The second-order valence-electron chi connectivity index (χ2n) is 5.20. The predicted octanol–water partition coefficient (Wildman–Crippen LogP) is 3.81. The Bertz CT molecular complexity index is 755. The summed E-state index contributed by atoms with van der Waals surface area (Å²) in [5.74, 6) is 0.495. The number of nitrogens with zero attached hydrogens (tertiary/aromatic N) is 1. The lowest BCUT2D eigenvalue weighted by Crippen LogP contribution is -2.25. The van der Waals surface area contributed by atoms with Crippen LogP contribution in [0.25, 0.3) is 20.8 Å². The Hall–Kier alpha value is -1.43. The maximum atomic E-state index is 6.29. The number of hydrogen-bond donors (Lipinski definition) is 2. The molecule has 0 bridgehead atoms. The molecule has 102 valence electrons. The Balaban J connectivity index is 1.95. The minimum absolute atomic E-state index is 0.495. The van der Waals surface area contributed by atoms with Crippen LogP contribution in [-0.4, -0.2) is 11.5 Å². The van der Waals surface area contributed by atoms with Crippen molar-refractivity contribution in [2.45, 2.75) is 19.4 Å². The Kier molecular flexibility index (Phi) is 2.80. The third-order valence-electron chi connectivity index (χ3n) is 3.79. The molecule has 0 spiro atoms. The third-order valence-corrected chi connectivity index (χ3v) is 5.87. The van der Waals surface area contributed by atoms with Crippen LogP contribution in [0.1, 0.15) is 23.3 Å². The molecule has 0 amide bonds. The molecule has 1 aliphatic rings. The monoisotopic (exact) mass is 301 g/mol. The molecule has 0 radical (unpaired) electrons. The van der Waals surface area contributed by atoms with Gasteiger partial charge in [-0.2, -0.15) is 0 Å². The first-order valence-corrected chi connectivity index (χ1v) is 8.35. The van der Waals surface area contributed by atoms with Crippen LogP contribution in [0, 0.1) is 0 Å².